The third kappa shape index (κ3) is 4.66. The minimum absolute atomic E-state index is 0.0706. The van der Waals surface area contributed by atoms with Crippen LogP contribution < -0.4 is 11.2 Å². The van der Waals surface area contributed by atoms with Crippen LogP contribution in [-0.2, 0) is 9.63 Å². The molecule has 0 bridgehead atoms. The summed E-state index contributed by atoms with van der Waals surface area (Å²) in [5.74, 6) is -0.708. The van der Waals surface area contributed by atoms with Gasteiger partial charge in [-0.3, -0.25) is 19.9 Å². The molecule has 5 N–H and O–H groups in total. The van der Waals surface area contributed by atoms with Gasteiger partial charge in [-0.05, 0) is 24.8 Å². The third-order valence-electron chi connectivity index (χ3n) is 4.74. The number of carbonyl (C=O) groups is 1. The van der Waals surface area contributed by atoms with Crippen molar-refractivity contribution in [2.75, 3.05) is 19.6 Å². The monoisotopic (exact) mass is 344 g/mol. The minimum atomic E-state index is -0.779. The number of carboxylic acid groups (broad SMARTS) is 1. The molecule has 1 saturated heterocycles. The molecular formula is C18H24N4O3. The highest BCUT2D eigenvalue weighted by molar-refractivity contribution is 5.94. The van der Waals surface area contributed by atoms with Gasteiger partial charge >= 0.3 is 5.97 Å². The molecule has 7 heteroatoms. The lowest BCUT2D eigenvalue weighted by Crippen LogP contribution is -2.34. The number of carboxylic acids is 1. The maximum atomic E-state index is 10.7. The third-order valence-corrected chi connectivity index (χ3v) is 4.74. The summed E-state index contributed by atoms with van der Waals surface area (Å²) in [5.41, 5.74) is 11.8. The standard InChI is InChI=1S/C18H24N4O3/c19-18(20)14-3-1-13(2-4-14)16-10-15(25-21-16)9-12-5-7-22(8-6-12)11-17(23)24/h1-5,15-16,21H,6-11H2,(H3,19,20)(H,23,24). The summed E-state index contributed by atoms with van der Waals surface area (Å²) in [7, 11) is 0. The second kappa shape index (κ2) is 7.77. The zero-order valence-corrected chi connectivity index (χ0v) is 14.1. The molecule has 2 heterocycles. The van der Waals surface area contributed by atoms with E-state index in [2.05, 4.69) is 11.6 Å². The summed E-state index contributed by atoms with van der Waals surface area (Å²) in [6, 6.07) is 7.80. The van der Waals surface area contributed by atoms with Crippen molar-refractivity contribution >= 4 is 11.8 Å². The molecule has 3 rings (SSSR count). The van der Waals surface area contributed by atoms with Crippen molar-refractivity contribution in [3.63, 3.8) is 0 Å². The van der Waals surface area contributed by atoms with Crippen LogP contribution in [0.4, 0.5) is 0 Å². The van der Waals surface area contributed by atoms with Crippen LogP contribution in [0, 0.1) is 5.41 Å². The maximum Gasteiger partial charge on any atom is 0.317 e. The number of benzene rings is 1. The molecule has 0 aliphatic carbocycles. The van der Waals surface area contributed by atoms with Gasteiger partial charge in [0, 0.05) is 18.7 Å². The SMILES string of the molecule is N=C(N)c1ccc(C2CC(CC3=CCN(CC(=O)O)CC3)ON2)cc1. The molecule has 0 radical (unpaired) electrons. The number of aliphatic carboxylic acids is 1. The first-order valence-corrected chi connectivity index (χ1v) is 8.49. The highest BCUT2D eigenvalue weighted by Crippen LogP contribution is 2.30. The van der Waals surface area contributed by atoms with E-state index in [-0.39, 0.29) is 24.5 Å². The molecule has 1 aromatic rings. The molecule has 1 fully saturated rings. The van der Waals surface area contributed by atoms with E-state index in [0.717, 1.165) is 36.9 Å². The second-order valence-electron chi connectivity index (χ2n) is 6.63. The number of hydroxylamine groups is 1. The molecular weight excluding hydrogens is 320 g/mol. The molecule has 2 unspecified atom stereocenters. The Morgan fingerprint density at radius 1 is 1.40 bits per heavy atom. The maximum absolute atomic E-state index is 10.7. The summed E-state index contributed by atoms with van der Waals surface area (Å²) in [6.45, 7) is 1.58. The van der Waals surface area contributed by atoms with Crippen LogP contribution in [0.25, 0.3) is 0 Å². The van der Waals surface area contributed by atoms with Crippen molar-refractivity contribution in [3.05, 3.63) is 47.0 Å². The Bertz CT molecular complexity index is 671. The van der Waals surface area contributed by atoms with Crippen LogP contribution >= 0.6 is 0 Å². The van der Waals surface area contributed by atoms with E-state index >= 15 is 0 Å². The smallest absolute Gasteiger partial charge is 0.317 e. The fourth-order valence-electron chi connectivity index (χ4n) is 3.33. The summed E-state index contributed by atoms with van der Waals surface area (Å²) in [6.07, 6.45) is 4.90. The Labute approximate surface area is 146 Å². The largest absolute Gasteiger partial charge is 0.480 e. The van der Waals surface area contributed by atoms with Crippen LogP contribution in [0.5, 0.6) is 0 Å². The van der Waals surface area contributed by atoms with Crippen molar-refractivity contribution in [3.8, 4) is 0 Å². The van der Waals surface area contributed by atoms with Gasteiger partial charge in [0.15, 0.2) is 0 Å². The van der Waals surface area contributed by atoms with Crippen molar-refractivity contribution in [1.82, 2.24) is 10.4 Å². The summed E-state index contributed by atoms with van der Waals surface area (Å²) in [4.78, 5) is 18.4. The average molecular weight is 344 g/mol. The van der Waals surface area contributed by atoms with Crippen molar-refractivity contribution in [2.45, 2.75) is 31.4 Å². The van der Waals surface area contributed by atoms with E-state index in [1.54, 1.807) is 0 Å². The predicted molar refractivity (Wildman–Crippen MR) is 94.2 cm³/mol. The van der Waals surface area contributed by atoms with Gasteiger partial charge in [0.05, 0.1) is 18.7 Å². The zero-order chi connectivity index (χ0) is 17.8. The Kier molecular flexibility index (Phi) is 5.47. The van der Waals surface area contributed by atoms with Crippen LogP contribution in [0.1, 0.15) is 36.4 Å². The van der Waals surface area contributed by atoms with E-state index in [1.165, 1.54) is 5.57 Å². The first-order valence-electron chi connectivity index (χ1n) is 8.49. The van der Waals surface area contributed by atoms with Crippen LogP contribution in [0.2, 0.25) is 0 Å². The van der Waals surface area contributed by atoms with Crippen molar-refractivity contribution in [2.24, 2.45) is 5.73 Å². The zero-order valence-electron chi connectivity index (χ0n) is 14.1. The molecule has 25 heavy (non-hydrogen) atoms. The number of nitrogens with two attached hydrogens (primary N) is 1. The Morgan fingerprint density at radius 2 is 2.16 bits per heavy atom. The lowest BCUT2D eigenvalue weighted by molar-refractivity contribution is -0.138. The molecule has 2 aliphatic heterocycles. The average Bonchev–Trinajstić information content (AvgIpc) is 3.05. The minimum Gasteiger partial charge on any atom is -0.480 e. The second-order valence-corrected chi connectivity index (χ2v) is 6.63. The van der Waals surface area contributed by atoms with Gasteiger partial charge in [-0.1, -0.05) is 35.9 Å². The normalized spacial score (nSPS) is 24.1. The Morgan fingerprint density at radius 3 is 2.76 bits per heavy atom. The number of rotatable bonds is 6. The lowest BCUT2D eigenvalue weighted by atomic mass is 9.95. The van der Waals surface area contributed by atoms with E-state index in [9.17, 15) is 4.79 Å². The van der Waals surface area contributed by atoms with Gasteiger partial charge in [-0.2, -0.15) is 5.48 Å². The van der Waals surface area contributed by atoms with E-state index in [4.69, 9.17) is 21.1 Å². The highest BCUT2D eigenvalue weighted by Gasteiger charge is 2.28. The number of hydrogen-bond donors (Lipinski definition) is 4. The quantitative estimate of drug-likeness (QED) is 0.353. The molecule has 2 atom stereocenters. The first-order chi connectivity index (χ1) is 12.0. The van der Waals surface area contributed by atoms with Gasteiger partial charge in [0.1, 0.15) is 5.84 Å². The van der Waals surface area contributed by atoms with Gasteiger partial charge in [0.2, 0.25) is 0 Å². The van der Waals surface area contributed by atoms with E-state index in [1.807, 2.05) is 29.2 Å². The summed E-state index contributed by atoms with van der Waals surface area (Å²) >= 11 is 0. The molecule has 0 amide bonds. The van der Waals surface area contributed by atoms with Crippen LogP contribution in [0.3, 0.4) is 0 Å². The molecule has 0 saturated carbocycles. The van der Waals surface area contributed by atoms with Crippen molar-refractivity contribution in [1.29, 1.82) is 5.41 Å². The fraction of sp³-hybridized carbons (Fsp3) is 0.444. The van der Waals surface area contributed by atoms with Crippen LogP contribution in [-0.4, -0.2) is 47.5 Å². The molecule has 0 spiro atoms. The van der Waals surface area contributed by atoms with Crippen molar-refractivity contribution < 1.29 is 14.7 Å². The Hall–Kier alpha value is -2.22. The van der Waals surface area contributed by atoms with E-state index in [0.29, 0.717) is 6.54 Å². The molecule has 0 aromatic heterocycles. The number of hydrogen-bond acceptors (Lipinski definition) is 5. The Balaban J connectivity index is 1.51. The topological polar surface area (TPSA) is 112 Å². The molecule has 1 aromatic carbocycles. The molecule has 2 aliphatic rings. The first kappa shape index (κ1) is 17.6. The lowest BCUT2D eigenvalue weighted by Gasteiger charge is -2.25. The van der Waals surface area contributed by atoms with Gasteiger partial charge < -0.3 is 10.8 Å². The van der Waals surface area contributed by atoms with Gasteiger partial charge in [-0.15, -0.1) is 0 Å². The fourth-order valence-corrected chi connectivity index (χ4v) is 3.33. The van der Waals surface area contributed by atoms with E-state index < -0.39 is 5.97 Å². The number of nitrogens with zero attached hydrogens (tertiary/aromatic N) is 1. The van der Waals surface area contributed by atoms with Crippen LogP contribution in [0.15, 0.2) is 35.9 Å². The molecule has 7 nitrogen and oxygen atoms in total. The van der Waals surface area contributed by atoms with Gasteiger partial charge in [-0.25, -0.2) is 0 Å². The predicted octanol–water partition coefficient (Wildman–Crippen LogP) is 1.41. The number of nitrogens with one attached hydrogen (secondary N) is 2. The number of nitrogen functional groups attached to an aromatic ring is 1. The van der Waals surface area contributed by atoms with Gasteiger partial charge in [0.25, 0.3) is 0 Å². The number of amidine groups is 1. The molecule has 134 valence electrons. The summed E-state index contributed by atoms with van der Waals surface area (Å²) < 4.78 is 0. The summed E-state index contributed by atoms with van der Waals surface area (Å²) in [5, 5.41) is 16.3. The highest BCUT2D eigenvalue weighted by atomic mass is 16.7.